The van der Waals surface area contributed by atoms with Crippen LogP contribution in [0.5, 0.6) is 0 Å². The Hall–Kier alpha value is -2.91. The van der Waals surface area contributed by atoms with Crippen molar-refractivity contribution in [2.45, 2.75) is 19.1 Å². The molecule has 0 radical (unpaired) electrons. The number of amides is 1. The van der Waals surface area contributed by atoms with Crippen molar-refractivity contribution >= 4 is 29.2 Å². The number of carbonyl (C=O) groups excluding carboxylic acids is 1. The molecule has 0 bridgehead atoms. The summed E-state index contributed by atoms with van der Waals surface area (Å²) in [5.74, 6) is -1.47. The number of nitrogens with zero attached hydrogens (tertiary/aromatic N) is 6. The van der Waals surface area contributed by atoms with Crippen molar-refractivity contribution in [3.63, 3.8) is 0 Å². The third-order valence-electron chi connectivity index (χ3n) is 4.78. The molecule has 2 saturated heterocycles. The Balaban J connectivity index is 0.000000383. The van der Waals surface area contributed by atoms with Gasteiger partial charge in [0.05, 0.1) is 31.3 Å². The van der Waals surface area contributed by atoms with Gasteiger partial charge in [-0.25, -0.2) is 14.8 Å². The highest BCUT2D eigenvalue weighted by Crippen LogP contribution is 2.26. The number of aryl methyl sites for hydroxylation is 1. The average molecular weight is 490 g/mol. The summed E-state index contributed by atoms with van der Waals surface area (Å²) in [5, 5.41) is 11.1. The highest BCUT2D eigenvalue weighted by molar-refractivity contribution is 7.05. The minimum absolute atomic E-state index is 0.148. The van der Waals surface area contributed by atoms with Crippen molar-refractivity contribution in [3.05, 3.63) is 28.7 Å². The van der Waals surface area contributed by atoms with E-state index in [0.717, 1.165) is 23.8 Å². The SMILES string of the molecule is Cc1snnc1C(=O)N1CCOCC1c1nccc(N2CCOCC2)n1.O=C(O)C(F)(F)F. The normalized spacial score (nSPS) is 19.0. The number of rotatable bonds is 3. The predicted molar refractivity (Wildman–Crippen MR) is 108 cm³/mol. The summed E-state index contributed by atoms with van der Waals surface area (Å²) >= 11 is 1.23. The van der Waals surface area contributed by atoms with Crippen LogP contribution in [0.3, 0.4) is 0 Å². The maximum absolute atomic E-state index is 12.9. The molecule has 1 atom stereocenters. The Morgan fingerprint density at radius 1 is 1.18 bits per heavy atom. The number of aliphatic carboxylic acids is 1. The number of carboxylic acids is 1. The Kier molecular flexibility index (Phi) is 8.10. The van der Waals surface area contributed by atoms with Crippen molar-refractivity contribution in [2.75, 3.05) is 51.0 Å². The van der Waals surface area contributed by atoms with Gasteiger partial charge in [0, 0.05) is 25.8 Å². The fourth-order valence-electron chi connectivity index (χ4n) is 3.12. The molecule has 2 aromatic heterocycles. The number of hydrogen-bond donors (Lipinski definition) is 1. The molecule has 0 saturated carbocycles. The van der Waals surface area contributed by atoms with Gasteiger partial charge in [0.1, 0.15) is 11.9 Å². The number of halogens is 3. The second-order valence-corrected chi connectivity index (χ2v) is 7.90. The van der Waals surface area contributed by atoms with E-state index in [0.29, 0.717) is 44.5 Å². The van der Waals surface area contributed by atoms with Crippen LogP contribution in [-0.4, -0.2) is 93.7 Å². The van der Waals surface area contributed by atoms with Gasteiger partial charge >= 0.3 is 12.1 Å². The maximum atomic E-state index is 12.9. The zero-order valence-electron chi connectivity index (χ0n) is 17.5. The highest BCUT2D eigenvalue weighted by Gasteiger charge is 2.38. The predicted octanol–water partition coefficient (Wildman–Crippen LogP) is 1.32. The van der Waals surface area contributed by atoms with Crippen LogP contribution < -0.4 is 4.90 Å². The molecule has 0 spiro atoms. The second kappa shape index (κ2) is 10.8. The summed E-state index contributed by atoms with van der Waals surface area (Å²) in [5.41, 5.74) is 0.395. The topological polar surface area (TPSA) is 131 Å². The number of aromatic nitrogens is 4. The van der Waals surface area contributed by atoms with Crippen molar-refractivity contribution in [2.24, 2.45) is 0 Å². The summed E-state index contributed by atoms with van der Waals surface area (Å²) in [6.45, 7) is 6.15. The van der Waals surface area contributed by atoms with E-state index in [4.69, 9.17) is 24.4 Å². The summed E-state index contributed by atoms with van der Waals surface area (Å²) in [6, 6.07) is 1.55. The van der Waals surface area contributed by atoms with Gasteiger partial charge in [0.15, 0.2) is 11.5 Å². The van der Waals surface area contributed by atoms with E-state index in [1.165, 1.54) is 11.5 Å². The fourth-order valence-corrected chi connectivity index (χ4v) is 3.58. The first kappa shape index (κ1) is 24.7. The lowest BCUT2D eigenvalue weighted by molar-refractivity contribution is -0.192. The molecular formula is C18H21F3N6O5S. The molecule has 2 aliphatic heterocycles. The Bertz CT molecular complexity index is 969. The molecule has 180 valence electrons. The Morgan fingerprint density at radius 2 is 1.85 bits per heavy atom. The standard InChI is InChI=1S/C16H20N6O3S.C2HF3O2/c1-11-14(19-20-26-11)16(23)22-6-9-25-10-12(22)15-17-3-2-13(18-15)21-4-7-24-8-5-21;3-2(4,5)1(6)7/h2-3,12H,4-10H2,1H3;(H,6,7). The number of ether oxygens (including phenoxy) is 2. The van der Waals surface area contributed by atoms with E-state index in [1.54, 1.807) is 11.1 Å². The van der Waals surface area contributed by atoms with Crippen LogP contribution in [0, 0.1) is 6.92 Å². The molecule has 1 amide bonds. The number of anilines is 1. The van der Waals surface area contributed by atoms with Crippen LogP contribution in [0.2, 0.25) is 0 Å². The molecule has 4 heterocycles. The molecule has 0 aliphatic carbocycles. The molecular weight excluding hydrogens is 469 g/mol. The third kappa shape index (κ3) is 6.33. The van der Waals surface area contributed by atoms with Crippen LogP contribution in [0.1, 0.15) is 27.2 Å². The van der Waals surface area contributed by atoms with Crippen LogP contribution in [0.25, 0.3) is 0 Å². The van der Waals surface area contributed by atoms with E-state index in [-0.39, 0.29) is 11.9 Å². The van der Waals surface area contributed by atoms with E-state index in [9.17, 15) is 18.0 Å². The zero-order valence-corrected chi connectivity index (χ0v) is 18.3. The lowest BCUT2D eigenvalue weighted by Gasteiger charge is -2.35. The summed E-state index contributed by atoms with van der Waals surface area (Å²) < 4.78 is 46.6. The van der Waals surface area contributed by atoms with Gasteiger partial charge in [-0.1, -0.05) is 4.49 Å². The lowest BCUT2D eigenvalue weighted by atomic mass is 10.2. The zero-order chi connectivity index (χ0) is 24.0. The van der Waals surface area contributed by atoms with Gasteiger partial charge < -0.3 is 24.4 Å². The molecule has 11 nitrogen and oxygen atoms in total. The van der Waals surface area contributed by atoms with Gasteiger partial charge in [-0.05, 0) is 24.5 Å². The molecule has 33 heavy (non-hydrogen) atoms. The molecule has 1 N–H and O–H groups in total. The van der Waals surface area contributed by atoms with Crippen LogP contribution in [0.15, 0.2) is 12.3 Å². The van der Waals surface area contributed by atoms with E-state index < -0.39 is 12.1 Å². The van der Waals surface area contributed by atoms with Crippen LogP contribution >= 0.6 is 11.5 Å². The molecule has 2 aromatic rings. The molecule has 2 aliphatic rings. The fraction of sp³-hybridized carbons (Fsp3) is 0.556. The number of morpholine rings is 2. The minimum atomic E-state index is -5.08. The van der Waals surface area contributed by atoms with Gasteiger partial charge in [-0.15, -0.1) is 5.10 Å². The first-order chi connectivity index (χ1) is 15.7. The summed E-state index contributed by atoms with van der Waals surface area (Å²) in [6.07, 6.45) is -3.35. The van der Waals surface area contributed by atoms with E-state index in [1.807, 2.05) is 13.0 Å². The first-order valence-electron chi connectivity index (χ1n) is 9.82. The van der Waals surface area contributed by atoms with Gasteiger partial charge in [0.25, 0.3) is 5.91 Å². The summed E-state index contributed by atoms with van der Waals surface area (Å²) in [7, 11) is 0. The average Bonchev–Trinajstić information content (AvgIpc) is 3.25. The largest absolute Gasteiger partial charge is 0.490 e. The highest BCUT2D eigenvalue weighted by atomic mass is 32.1. The van der Waals surface area contributed by atoms with Crippen molar-refractivity contribution in [1.29, 1.82) is 0 Å². The van der Waals surface area contributed by atoms with Gasteiger partial charge in [0.2, 0.25) is 0 Å². The van der Waals surface area contributed by atoms with Gasteiger partial charge in [-0.2, -0.15) is 13.2 Å². The molecule has 2 fully saturated rings. The molecule has 0 aromatic carbocycles. The quantitative estimate of drug-likeness (QED) is 0.672. The second-order valence-electron chi connectivity index (χ2n) is 6.94. The third-order valence-corrected chi connectivity index (χ3v) is 5.41. The Labute approximate surface area is 190 Å². The van der Waals surface area contributed by atoms with Crippen molar-refractivity contribution in [3.8, 4) is 0 Å². The van der Waals surface area contributed by atoms with Crippen LogP contribution in [-0.2, 0) is 14.3 Å². The molecule has 4 rings (SSSR count). The van der Waals surface area contributed by atoms with E-state index in [2.05, 4.69) is 19.5 Å². The monoisotopic (exact) mass is 490 g/mol. The number of alkyl halides is 3. The number of hydrogen-bond acceptors (Lipinski definition) is 10. The molecule has 1 unspecified atom stereocenters. The first-order valence-corrected chi connectivity index (χ1v) is 10.6. The maximum Gasteiger partial charge on any atom is 0.490 e. The van der Waals surface area contributed by atoms with Crippen molar-refractivity contribution < 1.29 is 37.3 Å². The van der Waals surface area contributed by atoms with Gasteiger partial charge in [-0.3, -0.25) is 4.79 Å². The molecule has 15 heteroatoms. The Morgan fingerprint density at radius 3 is 2.45 bits per heavy atom. The van der Waals surface area contributed by atoms with Crippen molar-refractivity contribution in [1.82, 2.24) is 24.5 Å². The minimum Gasteiger partial charge on any atom is -0.475 e. The lowest BCUT2D eigenvalue weighted by Crippen LogP contribution is -2.44. The summed E-state index contributed by atoms with van der Waals surface area (Å²) in [4.78, 5) is 35.7. The smallest absolute Gasteiger partial charge is 0.475 e. The van der Waals surface area contributed by atoms with E-state index >= 15 is 0 Å². The number of carboxylic acid groups (broad SMARTS) is 1. The number of carbonyl (C=O) groups is 2. The van der Waals surface area contributed by atoms with Crippen LogP contribution in [0.4, 0.5) is 19.0 Å².